The summed E-state index contributed by atoms with van der Waals surface area (Å²) in [7, 11) is 0. The molecule has 9 nitrogen and oxygen atoms in total. The van der Waals surface area contributed by atoms with Gasteiger partial charge < -0.3 is 25.0 Å². The first-order valence-corrected chi connectivity index (χ1v) is 11.8. The standard InChI is InChI=1S/C23H26ClN5O4/c24-22-26-19(28-11-23(8-4-1-5-9-23)13-6-2-3-7-14(13)28)16-20(27-22)29(12-25-16)21-18(32)17(31)15(10-30)33-21/h2-3,6-7,12,15,17-18,21,30-32H,1,4-5,8-11H2/t15-,17?,18+,21-/m1/s1. The number of rotatable bonds is 3. The van der Waals surface area contributed by atoms with Crippen LogP contribution in [0.3, 0.4) is 0 Å². The largest absolute Gasteiger partial charge is 0.394 e. The zero-order valence-electron chi connectivity index (χ0n) is 18.0. The summed E-state index contributed by atoms with van der Waals surface area (Å²) in [4.78, 5) is 15.7. The molecule has 1 saturated carbocycles. The van der Waals surface area contributed by atoms with Gasteiger partial charge in [0.05, 0.1) is 12.9 Å². The van der Waals surface area contributed by atoms with Crippen LogP contribution in [0, 0.1) is 0 Å². The van der Waals surface area contributed by atoms with Crippen molar-refractivity contribution < 1.29 is 20.1 Å². The van der Waals surface area contributed by atoms with E-state index in [0.29, 0.717) is 17.0 Å². The number of nitrogens with zero attached hydrogens (tertiary/aromatic N) is 5. The maximum atomic E-state index is 10.5. The third-order valence-electron chi connectivity index (χ3n) is 7.46. The van der Waals surface area contributed by atoms with Crippen molar-refractivity contribution in [2.24, 2.45) is 0 Å². The Morgan fingerprint density at radius 2 is 1.88 bits per heavy atom. The maximum absolute atomic E-state index is 10.5. The highest BCUT2D eigenvalue weighted by atomic mass is 35.5. The fourth-order valence-electron chi connectivity index (χ4n) is 5.84. The smallest absolute Gasteiger partial charge is 0.226 e. The lowest BCUT2D eigenvalue weighted by molar-refractivity contribution is -0.0511. The van der Waals surface area contributed by atoms with Crippen LogP contribution >= 0.6 is 11.6 Å². The van der Waals surface area contributed by atoms with Gasteiger partial charge in [-0.1, -0.05) is 37.5 Å². The number of para-hydroxylation sites is 1. The predicted molar refractivity (Wildman–Crippen MR) is 122 cm³/mol. The third-order valence-corrected chi connectivity index (χ3v) is 7.63. The summed E-state index contributed by atoms with van der Waals surface area (Å²) in [5.74, 6) is 0.616. The Balaban J connectivity index is 1.46. The lowest BCUT2D eigenvalue weighted by Gasteiger charge is -2.34. The van der Waals surface area contributed by atoms with Crippen molar-refractivity contribution in [2.45, 2.75) is 62.1 Å². The summed E-state index contributed by atoms with van der Waals surface area (Å²) in [6.45, 7) is 0.393. The van der Waals surface area contributed by atoms with Crippen LogP contribution < -0.4 is 4.90 Å². The van der Waals surface area contributed by atoms with Crippen LogP contribution in [0.1, 0.15) is 43.9 Å². The summed E-state index contributed by atoms with van der Waals surface area (Å²) in [6, 6.07) is 8.46. The molecule has 2 aromatic heterocycles. The Labute approximate surface area is 195 Å². The summed E-state index contributed by atoms with van der Waals surface area (Å²) in [5.41, 5.74) is 3.49. The normalized spacial score (nSPS) is 28.7. The highest BCUT2D eigenvalue weighted by Gasteiger charge is 2.46. The number of ether oxygens (including phenoxy) is 1. The topological polar surface area (TPSA) is 117 Å². The van der Waals surface area contributed by atoms with Gasteiger partial charge in [-0.3, -0.25) is 4.57 Å². The predicted octanol–water partition coefficient (Wildman–Crippen LogP) is 2.44. The summed E-state index contributed by atoms with van der Waals surface area (Å²) < 4.78 is 7.24. The SMILES string of the molecule is OC[C@H]1O[C@@H](n2cnc3c(N4CC5(CCCCC5)c5ccccc54)nc(Cl)nc32)[C@@H](O)C1O. The van der Waals surface area contributed by atoms with Crippen LogP contribution in [0.2, 0.25) is 5.28 Å². The Kier molecular flexibility index (Phi) is 5.08. The van der Waals surface area contributed by atoms with Gasteiger partial charge in [-0.2, -0.15) is 9.97 Å². The molecule has 1 saturated heterocycles. The first-order valence-electron chi connectivity index (χ1n) is 11.4. The monoisotopic (exact) mass is 471 g/mol. The summed E-state index contributed by atoms with van der Waals surface area (Å²) in [6.07, 6.45) is 3.18. The van der Waals surface area contributed by atoms with Gasteiger partial charge in [0.2, 0.25) is 5.28 Å². The molecular weight excluding hydrogens is 446 g/mol. The second-order valence-electron chi connectivity index (χ2n) is 9.31. The quantitative estimate of drug-likeness (QED) is 0.499. The molecule has 0 amide bonds. The van der Waals surface area contributed by atoms with E-state index in [4.69, 9.17) is 16.3 Å². The zero-order valence-corrected chi connectivity index (χ0v) is 18.8. The molecule has 1 aromatic carbocycles. The van der Waals surface area contributed by atoms with Crippen LogP contribution in [-0.4, -0.2) is 66.3 Å². The number of fused-ring (bicyclic) bond motifs is 3. The van der Waals surface area contributed by atoms with Crippen LogP contribution in [0.25, 0.3) is 11.2 Å². The minimum absolute atomic E-state index is 0.0630. The number of anilines is 2. The van der Waals surface area contributed by atoms with Crippen LogP contribution in [0.15, 0.2) is 30.6 Å². The number of hydrogen-bond donors (Lipinski definition) is 3. The van der Waals surface area contributed by atoms with E-state index in [1.807, 2.05) is 6.07 Å². The number of imidazole rings is 1. The fraction of sp³-hybridized carbons (Fsp3) is 0.522. The molecule has 1 spiro atoms. The number of benzene rings is 1. The van der Waals surface area contributed by atoms with Crippen LogP contribution in [0.5, 0.6) is 0 Å². The van der Waals surface area contributed by atoms with Gasteiger partial charge in [0.15, 0.2) is 23.2 Å². The van der Waals surface area contributed by atoms with Gasteiger partial charge in [-0.15, -0.1) is 0 Å². The van der Waals surface area contributed by atoms with E-state index in [9.17, 15) is 15.3 Å². The van der Waals surface area contributed by atoms with Gasteiger partial charge in [0.1, 0.15) is 18.3 Å². The van der Waals surface area contributed by atoms with Crippen molar-refractivity contribution >= 4 is 34.3 Å². The van der Waals surface area contributed by atoms with Gasteiger partial charge in [-0.25, -0.2) is 4.98 Å². The van der Waals surface area contributed by atoms with E-state index in [1.54, 1.807) is 4.57 Å². The molecule has 0 bridgehead atoms. The molecule has 10 heteroatoms. The Morgan fingerprint density at radius 3 is 2.64 bits per heavy atom. The molecule has 3 aliphatic rings. The van der Waals surface area contributed by atoms with E-state index < -0.39 is 31.1 Å². The van der Waals surface area contributed by atoms with Gasteiger partial charge >= 0.3 is 0 Å². The van der Waals surface area contributed by atoms with Gasteiger partial charge in [0.25, 0.3) is 0 Å². The molecule has 4 atom stereocenters. The van der Waals surface area contributed by atoms with Gasteiger partial charge in [0, 0.05) is 17.6 Å². The van der Waals surface area contributed by atoms with Crippen molar-refractivity contribution in [3.8, 4) is 0 Å². The van der Waals surface area contributed by atoms with E-state index in [0.717, 1.165) is 25.1 Å². The first-order chi connectivity index (χ1) is 16.0. The molecule has 3 aromatic rings. The fourth-order valence-corrected chi connectivity index (χ4v) is 6.00. The molecule has 2 aliphatic heterocycles. The van der Waals surface area contributed by atoms with Crippen molar-refractivity contribution in [1.82, 2.24) is 19.5 Å². The van der Waals surface area contributed by atoms with Crippen LogP contribution in [0.4, 0.5) is 11.5 Å². The van der Waals surface area contributed by atoms with E-state index >= 15 is 0 Å². The molecule has 6 rings (SSSR count). The van der Waals surface area contributed by atoms with E-state index in [1.165, 1.54) is 31.2 Å². The molecule has 2 fully saturated rings. The molecule has 0 radical (unpaired) electrons. The van der Waals surface area contributed by atoms with E-state index in [-0.39, 0.29) is 10.7 Å². The van der Waals surface area contributed by atoms with Crippen molar-refractivity contribution in [3.05, 3.63) is 41.4 Å². The Bertz CT molecular complexity index is 1200. The lowest BCUT2D eigenvalue weighted by atomic mass is 9.71. The van der Waals surface area contributed by atoms with Crippen molar-refractivity contribution in [2.75, 3.05) is 18.1 Å². The van der Waals surface area contributed by atoms with Crippen LogP contribution in [-0.2, 0) is 10.2 Å². The zero-order chi connectivity index (χ0) is 22.7. The second-order valence-corrected chi connectivity index (χ2v) is 9.65. The van der Waals surface area contributed by atoms with Crippen molar-refractivity contribution in [1.29, 1.82) is 0 Å². The molecule has 1 unspecified atom stereocenters. The van der Waals surface area contributed by atoms with Gasteiger partial charge in [-0.05, 0) is 36.1 Å². The minimum Gasteiger partial charge on any atom is -0.394 e. The second kappa shape index (κ2) is 7.89. The first kappa shape index (κ1) is 21.2. The minimum atomic E-state index is -1.24. The average molecular weight is 472 g/mol. The molecule has 1 aliphatic carbocycles. The summed E-state index contributed by atoms with van der Waals surface area (Å²) in [5, 5.41) is 30.2. The molecule has 33 heavy (non-hydrogen) atoms. The summed E-state index contributed by atoms with van der Waals surface area (Å²) >= 11 is 6.38. The van der Waals surface area contributed by atoms with Crippen molar-refractivity contribution in [3.63, 3.8) is 0 Å². The Morgan fingerprint density at radius 1 is 1.09 bits per heavy atom. The maximum Gasteiger partial charge on any atom is 0.226 e. The number of aromatic nitrogens is 4. The number of aliphatic hydroxyl groups excluding tert-OH is 3. The molecule has 174 valence electrons. The molecule has 4 heterocycles. The Hall–Kier alpha value is -2.30. The molecule has 3 N–H and O–H groups in total. The van der Waals surface area contributed by atoms with E-state index in [2.05, 4.69) is 38.1 Å². The third kappa shape index (κ3) is 3.18. The number of halogens is 1. The number of hydrogen-bond acceptors (Lipinski definition) is 8. The number of aliphatic hydroxyl groups is 3. The highest BCUT2D eigenvalue weighted by Crippen LogP contribution is 2.51. The molecular formula is C23H26ClN5O4. The average Bonchev–Trinajstić information content (AvgIpc) is 3.47. The highest BCUT2D eigenvalue weighted by molar-refractivity contribution is 6.28. The lowest BCUT2D eigenvalue weighted by Crippen LogP contribution is -2.34.